The van der Waals surface area contributed by atoms with Crippen molar-refractivity contribution in [1.82, 2.24) is 15.2 Å². The summed E-state index contributed by atoms with van der Waals surface area (Å²) in [7, 11) is 0. The summed E-state index contributed by atoms with van der Waals surface area (Å²) in [4.78, 5) is 3.98. The fourth-order valence-electron chi connectivity index (χ4n) is 1.50. The number of aromatic amines is 1. The summed E-state index contributed by atoms with van der Waals surface area (Å²) in [6.07, 6.45) is 3.61. The summed E-state index contributed by atoms with van der Waals surface area (Å²) < 4.78 is 12.7. The number of nitrogens with zero attached hydrogens (tertiary/aromatic N) is 2. The van der Waals surface area contributed by atoms with Crippen molar-refractivity contribution in [2.24, 2.45) is 0 Å². The van der Waals surface area contributed by atoms with Crippen LogP contribution in [0.3, 0.4) is 0 Å². The molecule has 16 heavy (non-hydrogen) atoms. The van der Waals surface area contributed by atoms with E-state index in [1.165, 1.54) is 25.1 Å². The van der Waals surface area contributed by atoms with E-state index in [1.54, 1.807) is 6.07 Å². The number of halogens is 1. The maximum Gasteiger partial charge on any atom is 0.148 e. The van der Waals surface area contributed by atoms with Gasteiger partial charge in [-0.15, -0.1) is 0 Å². The molecule has 0 aromatic carbocycles. The van der Waals surface area contributed by atoms with Crippen LogP contribution in [-0.4, -0.2) is 21.2 Å². The van der Waals surface area contributed by atoms with Crippen LogP contribution in [0.5, 0.6) is 0 Å². The van der Waals surface area contributed by atoms with Crippen LogP contribution < -0.4 is 5.32 Å². The Balaban J connectivity index is 1.82. The quantitative estimate of drug-likeness (QED) is 0.830. The minimum Gasteiger partial charge on any atom is -0.366 e. The molecule has 0 unspecified atom stereocenters. The Labute approximate surface area is 91.9 Å². The Morgan fingerprint density at radius 2 is 2.25 bits per heavy atom. The number of hydrogen-bond acceptors (Lipinski definition) is 3. The van der Waals surface area contributed by atoms with Gasteiger partial charge in [0.1, 0.15) is 11.6 Å². The minimum absolute atomic E-state index is 0.334. The molecule has 5 heteroatoms. The summed E-state index contributed by atoms with van der Waals surface area (Å²) in [6, 6.07) is 5.47. The lowest BCUT2D eigenvalue weighted by molar-refractivity contribution is 0.622. The summed E-state index contributed by atoms with van der Waals surface area (Å²) in [5, 5.41) is 10.3. The zero-order chi connectivity index (χ0) is 11.0. The number of H-pyrrole nitrogens is 1. The summed E-state index contributed by atoms with van der Waals surface area (Å²) in [5.41, 5.74) is 1.49. The van der Waals surface area contributed by atoms with Crippen LogP contribution in [0, 0.1) is 5.82 Å². The first-order valence-electron chi connectivity index (χ1n) is 5.25. The van der Waals surface area contributed by atoms with Gasteiger partial charge in [0, 0.05) is 12.1 Å². The summed E-state index contributed by atoms with van der Waals surface area (Å²) in [6.45, 7) is 0. The fourth-order valence-corrected chi connectivity index (χ4v) is 1.50. The minimum atomic E-state index is -0.334. The molecule has 0 radical (unpaired) electrons. The molecule has 0 bridgehead atoms. The predicted molar refractivity (Wildman–Crippen MR) is 58.4 cm³/mol. The Morgan fingerprint density at radius 3 is 2.94 bits per heavy atom. The van der Waals surface area contributed by atoms with E-state index >= 15 is 0 Å². The third-order valence-electron chi connectivity index (χ3n) is 2.51. The van der Waals surface area contributed by atoms with Crippen molar-refractivity contribution in [1.29, 1.82) is 0 Å². The van der Waals surface area contributed by atoms with Gasteiger partial charge in [0.2, 0.25) is 0 Å². The normalized spacial score (nSPS) is 15.1. The second-order valence-electron chi connectivity index (χ2n) is 3.95. The maximum atomic E-state index is 12.7. The van der Waals surface area contributed by atoms with Crippen LogP contribution >= 0.6 is 0 Å². The van der Waals surface area contributed by atoms with E-state index in [2.05, 4.69) is 20.5 Å². The summed E-state index contributed by atoms with van der Waals surface area (Å²) in [5.74, 6) is 0.489. The van der Waals surface area contributed by atoms with E-state index in [0.717, 1.165) is 11.5 Å². The molecule has 2 aromatic rings. The SMILES string of the molecule is Fc1ccc(-c2cc(NC3CC3)n[nH]2)nc1. The standard InChI is InChI=1S/C11H11FN4/c12-7-1-4-9(13-6-7)10-5-11(16-15-10)14-8-2-3-8/h1,4-6,8H,2-3H2,(H2,14,15,16). The lowest BCUT2D eigenvalue weighted by Gasteiger charge is -1.96. The molecule has 0 atom stereocenters. The molecule has 1 saturated carbocycles. The third kappa shape index (κ3) is 1.88. The lowest BCUT2D eigenvalue weighted by Crippen LogP contribution is -2.00. The smallest absolute Gasteiger partial charge is 0.148 e. The van der Waals surface area contributed by atoms with Gasteiger partial charge in [-0.25, -0.2) is 4.39 Å². The van der Waals surface area contributed by atoms with E-state index < -0.39 is 0 Å². The average Bonchev–Trinajstić information content (AvgIpc) is 2.97. The first-order valence-corrected chi connectivity index (χ1v) is 5.25. The molecule has 2 heterocycles. The van der Waals surface area contributed by atoms with Crippen molar-refractivity contribution in [2.75, 3.05) is 5.32 Å². The molecule has 1 aliphatic carbocycles. The van der Waals surface area contributed by atoms with Crippen molar-refractivity contribution in [3.05, 3.63) is 30.2 Å². The number of nitrogens with one attached hydrogen (secondary N) is 2. The fraction of sp³-hybridized carbons (Fsp3) is 0.273. The maximum absolute atomic E-state index is 12.7. The number of aromatic nitrogens is 3. The average molecular weight is 218 g/mol. The van der Waals surface area contributed by atoms with Gasteiger partial charge in [-0.1, -0.05) is 0 Å². The molecule has 4 nitrogen and oxygen atoms in total. The second-order valence-corrected chi connectivity index (χ2v) is 3.95. The second kappa shape index (κ2) is 3.59. The zero-order valence-corrected chi connectivity index (χ0v) is 8.57. The van der Waals surface area contributed by atoms with Gasteiger partial charge in [-0.3, -0.25) is 10.1 Å². The number of pyridine rings is 1. The molecule has 0 spiro atoms. The molecular formula is C11H11FN4. The van der Waals surface area contributed by atoms with Gasteiger partial charge in [0.25, 0.3) is 0 Å². The van der Waals surface area contributed by atoms with Crippen molar-refractivity contribution < 1.29 is 4.39 Å². The van der Waals surface area contributed by atoms with Gasteiger partial charge in [-0.2, -0.15) is 5.10 Å². The molecule has 2 N–H and O–H groups in total. The van der Waals surface area contributed by atoms with Gasteiger partial charge in [-0.05, 0) is 25.0 Å². The molecule has 1 aliphatic rings. The van der Waals surface area contributed by atoms with Crippen LogP contribution in [0.2, 0.25) is 0 Å². The Kier molecular flexibility index (Phi) is 2.09. The molecule has 0 aliphatic heterocycles. The highest BCUT2D eigenvalue weighted by Gasteiger charge is 2.21. The van der Waals surface area contributed by atoms with E-state index in [-0.39, 0.29) is 5.82 Å². The number of rotatable bonds is 3. The van der Waals surface area contributed by atoms with Crippen molar-refractivity contribution >= 4 is 5.82 Å². The highest BCUT2D eigenvalue weighted by Crippen LogP contribution is 2.25. The molecule has 0 amide bonds. The summed E-state index contributed by atoms with van der Waals surface area (Å²) >= 11 is 0. The van der Waals surface area contributed by atoms with E-state index in [9.17, 15) is 4.39 Å². The van der Waals surface area contributed by atoms with E-state index in [1.807, 2.05) is 6.07 Å². The van der Waals surface area contributed by atoms with Crippen molar-refractivity contribution in [3.8, 4) is 11.4 Å². The first-order chi connectivity index (χ1) is 7.81. The van der Waals surface area contributed by atoms with Crippen LogP contribution in [0.25, 0.3) is 11.4 Å². The Bertz CT molecular complexity index is 487. The third-order valence-corrected chi connectivity index (χ3v) is 2.51. The van der Waals surface area contributed by atoms with Crippen LogP contribution in [0.15, 0.2) is 24.4 Å². The predicted octanol–water partition coefficient (Wildman–Crippen LogP) is 2.19. The Morgan fingerprint density at radius 1 is 1.38 bits per heavy atom. The number of anilines is 1. The monoisotopic (exact) mass is 218 g/mol. The molecule has 3 rings (SSSR count). The number of hydrogen-bond donors (Lipinski definition) is 2. The van der Waals surface area contributed by atoms with E-state index in [4.69, 9.17) is 0 Å². The zero-order valence-electron chi connectivity index (χ0n) is 8.57. The molecule has 0 saturated heterocycles. The molecule has 1 fully saturated rings. The van der Waals surface area contributed by atoms with Crippen LogP contribution in [0.1, 0.15) is 12.8 Å². The molecule has 2 aromatic heterocycles. The van der Waals surface area contributed by atoms with Crippen molar-refractivity contribution in [3.63, 3.8) is 0 Å². The van der Waals surface area contributed by atoms with Gasteiger partial charge in [0.05, 0.1) is 17.6 Å². The highest BCUT2D eigenvalue weighted by atomic mass is 19.1. The van der Waals surface area contributed by atoms with Crippen molar-refractivity contribution in [2.45, 2.75) is 18.9 Å². The van der Waals surface area contributed by atoms with Gasteiger partial charge in [0.15, 0.2) is 0 Å². The lowest BCUT2D eigenvalue weighted by atomic mass is 10.3. The van der Waals surface area contributed by atoms with Gasteiger partial charge < -0.3 is 5.32 Å². The molecular weight excluding hydrogens is 207 g/mol. The Hall–Kier alpha value is -1.91. The largest absolute Gasteiger partial charge is 0.366 e. The van der Waals surface area contributed by atoms with Crippen LogP contribution in [0.4, 0.5) is 10.2 Å². The first kappa shape index (κ1) is 9.33. The van der Waals surface area contributed by atoms with E-state index in [0.29, 0.717) is 11.7 Å². The highest BCUT2D eigenvalue weighted by molar-refractivity contribution is 5.58. The molecule has 82 valence electrons. The topological polar surface area (TPSA) is 53.6 Å². The van der Waals surface area contributed by atoms with Crippen LogP contribution in [-0.2, 0) is 0 Å². The van der Waals surface area contributed by atoms with Gasteiger partial charge >= 0.3 is 0 Å².